The first kappa shape index (κ1) is 14.7. The lowest BCUT2D eigenvalue weighted by Crippen LogP contribution is -2.33. The quantitative estimate of drug-likeness (QED) is 0.882. The maximum absolute atomic E-state index is 12.6. The van der Waals surface area contributed by atoms with Crippen molar-refractivity contribution in [2.75, 3.05) is 13.2 Å². The lowest BCUT2D eigenvalue weighted by atomic mass is 9.96. The smallest absolute Gasteiger partial charge is 0.252 e. The van der Waals surface area contributed by atoms with E-state index in [0.717, 1.165) is 23.2 Å². The minimum Gasteiger partial charge on any atom is -0.394 e. The Labute approximate surface area is 128 Å². The van der Waals surface area contributed by atoms with E-state index in [2.05, 4.69) is 10.4 Å². The molecule has 3 rings (SSSR count). The zero-order chi connectivity index (χ0) is 15.5. The third-order valence-corrected chi connectivity index (χ3v) is 3.98. The van der Waals surface area contributed by atoms with Crippen LogP contribution in [-0.4, -0.2) is 34.0 Å². The van der Waals surface area contributed by atoms with Gasteiger partial charge in [-0.1, -0.05) is 12.1 Å². The fourth-order valence-corrected chi connectivity index (χ4v) is 2.81. The monoisotopic (exact) mass is 301 g/mol. The van der Waals surface area contributed by atoms with Crippen LogP contribution in [-0.2, 0) is 24.8 Å². The van der Waals surface area contributed by atoms with Gasteiger partial charge in [0.2, 0.25) is 0 Å². The van der Waals surface area contributed by atoms with Crippen LogP contribution in [0.25, 0.3) is 0 Å². The van der Waals surface area contributed by atoms with Gasteiger partial charge >= 0.3 is 0 Å². The van der Waals surface area contributed by atoms with E-state index < -0.39 is 6.04 Å². The van der Waals surface area contributed by atoms with E-state index in [1.165, 1.54) is 0 Å². The summed E-state index contributed by atoms with van der Waals surface area (Å²) in [6, 6.07) is 6.97. The van der Waals surface area contributed by atoms with Gasteiger partial charge in [-0.3, -0.25) is 9.48 Å². The predicted molar refractivity (Wildman–Crippen MR) is 80.3 cm³/mol. The van der Waals surface area contributed by atoms with E-state index in [4.69, 9.17) is 4.74 Å². The van der Waals surface area contributed by atoms with Gasteiger partial charge in [0.25, 0.3) is 5.91 Å². The number of fused-ring (bicyclic) bond motifs is 1. The van der Waals surface area contributed by atoms with Crippen molar-refractivity contribution in [3.63, 3.8) is 0 Å². The average molecular weight is 301 g/mol. The molecule has 0 fully saturated rings. The third kappa shape index (κ3) is 2.75. The number of aliphatic hydroxyl groups excluding tert-OH is 1. The van der Waals surface area contributed by atoms with Gasteiger partial charge in [0.1, 0.15) is 0 Å². The predicted octanol–water partition coefficient (Wildman–Crippen LogP) is 0.956. The molecule has 0 saturated carbocycles. The molecule has 0 spiro atoms. The number of hydrogen-bond donors (Lipinski definition) is 2. The SMILES string of the molecule is Cn1nccc1C(CO)NC(=O)c1cccc2c1CCOC2. The number of carbonyl (C=O) groups is 1. The van der Waals surface area contributed by atoms with E-state index in [-0.39, 0.29) is 12.5 Å². The van der Waals surface area contributed by atoms with Crippen LogP contribution in [0.15, 0.2) is 30.5 Å². The second kappa shape index (κ2) is 6.29. The van der Waals surface area contributed by atoms with Crippen LogP contribution < -0.4 is 5.32 Å². The standard InChI is InChI=1S/C16H19N3O3/c1-19-15(5-7-17-19)14(9-20)18-16(21)13-4-2-3-11-10-22-8-6-12(11)13/h2-5,7,14,20H,6,8-10H2,1H3,(H,18,21). The van der Waals surface area contributed by atoms with Gasteiger partial charge in [-0.15, -0.1) is 0 Å². The summed E-state index contributed by atoms with van der Waals surface area (Å²) >= 11 is 0. The number of benzene rings is 1. The Morgan fingerprint density at radius 3 is 3.09 bits per heavy atom. The number of hydrogen-bond acceptors (Lipinski definition) is 4. The van der Waals surface area contributed by atoms with E-state index in [1.54, 1.807) is 24.0 Å². The molecule has 1 atom stereocenters. The van der Waals surface area contributed by atoms with Crippen molar-refractivity contribution < 1.29 is 14.6 Å². The van der Waals surface area contributed by atoms with Gasteiger partial charge in [-0.25, -0.2) is 0 Å². The fourth-order valence-electron chi connectivity index (χ4n) is 2.81. The summed E-state index contributed by atoms with van der Waals surface area (Å²) in [7, 11) is 1.78. The summed E-state index contributed by atoms with van der Waals surface area (Å²) < 4.78 is 7.07. The highest BCUT2D eigenvalue weighted by Gasteiger charge is 2.21. The Morgan fingerprint density at radius 2 is 2.36 bits per heavy atom. The summed E-state index contributed by atoms with van der Waals surface area (Å²) in [6.45, 7) is 0.994. The molecule has 2 N–H and O–H groups in total. The van der Waals surface area contributed by atoms with Crippen LogP contribution in [0.4, 0.5) is 0 Å². The Balaban J connectivity index is 1.84. The molecule has 1 aliphatic heterocycles. The van der Waals surface area contributed by atoms with Crippen LogP contribution in [0.1, 0.15) is 33.2 Å². The molecule has 2 aromatic rings. The number of aryl methyl sites for hydroxylation is 1. The highest BCUT2D eigenvalue weighted by Crippen LogP contribution is 2.22. The minimum absolute atomic E-state index is 0.177. The number of nitrogens with one attached hydrogen (secondary N) is 1. The zero-order valence-corrected chi connectivity index (χ0v) is 12.5. The van der Waals surface area contributed by atoms with Crippen molar-refractivity contribution in [1.82, 2.24) is 15.1 Å². The summed E-state index contributed by atoms with van der Waals surface area (Å²) in [5.41, 5.74) is 3.51. The number of nitrogens with zero attached hydrogens (tertiary/aromatic N) is 2. The van der Waals surface area contributed by atoms with Crippen LogP contribution >= 0.6 is 0 Å². The number of carbonyl (C=O) groups excluding carboxylic acids is 1. The van der Waals surface area contributed by atoms with Gasteiger partial charge in [-0.05, 0) is 29.7 Å². The third-order valence-electron chi connectivity index (χ3n) is 3.98. The molecule has 22 heavy (non-hydrogen) atoms. The van der Waals surface area contributed by atoms with Gasteiger partial charge in [-0.2, -0.15) is 5.10 Å². The molecule has 1 unspecified atom stereocenters. The number of ether oxygens (including phenoxy) is 1. The molecule has 2 heterocycles. The van der Waals surface area contributed by atoms with Crippen molar-refractivity contribution in [3.05, 3.63) is 52.8 Å². The highest BCUT2D eigenvalue weighted by atomic mass is 16.5. The number of aromatic nitrogens is 2. The largest absolute Gasteiger partial charge is 0.394 e. The molecule has 0 aliphatic carbocycles. The van der Waals surface area contributed by atoms with E-state index in [0.29, 0.717) is 18.8 Å². The summed E-state index contributed by atoms with van der Waals surface area (Å²) in [5.74, 6) is -0.181. The Morgan fingerprint density at radius 1 is 1.50 bits per heavy atom. The van der Waals surface area contributed by atoms with E-state index >= 15 is 0 Å². The second-order valence-electron chi connectivity index (χ2n) is 5.33. The van der Waals surface area contributed by atoms with Crippen molar-refractivity contribution in [2.24, 2.45) is 7.05 Å². The van der Waals surface area contributed by atoms with Crippen LogP contribution in [0.5, 0.6) is 0 Å². The maximum atomic E-state index is 12.6. The van der Waals surface area contributed by atoms with Crippen molar-refractivity contribution in [3.8, 4) is 0 Å². The molecule has 116 valence electrons. The molecule has 1 aromatic carbocycles. The highest BCUT2D eigenvalue weighted by molar-refractivity contribution is 5.96. The molecule has 6 heteroatoms. The molecule has 6 nitrogen and oxygen atoms in total. The van der Waals surface area contributed by atoms with Crippen LogP contribution in [0.3, 0.4) is 0 Å². The van der Waals surface area contributed by atoms with Gasteiger partial charge in [0, 0.05) is 18.8 Å². The van der Waals surface area contributed by atoms with Gasteiger partial charge < -0.3 is 15.2 Å². The maximum Gasteiger partial charge on any atom is 0.252 e. The topological polar surface area (TPSA) is 76.4 Å². The summed E-state index contributed by atoms with van der Waals surface area (Å²) in [6.07, 6.45) is 2.38. The first-order valence-electron chi connectivity index (χ1n) is 7.29. The number of aliphatic hydroxyl groups is 1. The lowest BCUT2D eigenvalue weighted by molar-refractivity contribution is 0.0903. The van der Waals surface area contributed by atoms with Crippen LogP contribution in [0.2, 0.25) is 0 Å². The molecular formula is C16H19N3O3. The minimum atomic E-state index is -0.476. The molecule has 1 aromatic heterocycles. The fraction of sp³-hybridized carbons (Fsp3) is 0.375. The Hall–Kier alpha value is -2.18. The Kier molecular flexibility index (Phi) is 4.22. The van der Waals surface area contributed by atoms with Crippen molar-refractivity contribution in [1.29, 1.82) is 0 Å². The van der Waals surface area contributed by atoms with Crippen molar-refractivity contribution in [2.45, 2.75) is 19.1 Å². The normalized spacial score (nSPS) is 15.2. The molecule has 0 saturated heterocycles. The van der Waals surface area contributed by atoms with Gasteiger partial charge in [0.05, 0.1) is 31.6 Å². The Bertz CT molecular complexity index is 681. The average Bonchev–Trinajstić information content (AvgIpc) is 2.97. The van der Waals surface area contributed by atoms with E-state index in [1.807, 2.05) is 18.2 Å². The zero-order valence-electron chi connectivity index (χ0n) is 12.5. The first-order chi connectivity index (χ1) is 10.7. The van der Waals surface area contributed by atoms with Crippen LogP contribution in [0, 0.1) is 0 Å². The summed E-state index contributed by atoms with van der Waals surface area (Å²) in [4.78, 5) is 12.6. The van der Waals surface area contributed by atoms with Crippen molar-refractivity contribution >= 4 is 5.91 Å². The van der Waals surface area contributed by atoms with Gasteiger partial charge in [0.15, 0.2) is 0 Å². The molecule has 0 radical (unpaired) electrons. The molecule has 1 aliphatic rings. The molecular weight excluding hydrogens is 282 g/mol. The first-order valence-corrected chi connectivity index (χ1v) is 7.29. The number of rotatable bonds is 4. The lowest BCUT2D eigenvalue weighted by Gasteiger charge is -2.21. The second-order valence-corrected chi connectivity index (χ2v) is 5.33. The molecule has 0 bridgehead atoms. The molecule has 1 amide bonds. The van der Waals surface area contributed by atoms with E-state index in [9.17, 15) is 9.90 Å². The number of amides is 1. The summed E-state index contributed by atoms with van der Waals surface area (Å²) in [5, 5.41) is 16.5.